The SMILES string of the molecule is Cc1nc(C(C)NCCS(=O)(=O)N(C)C)cs1. The maximum atomic E-state index is 11.5. The molecule has 0 saturated heterocycles. The number of hydrogen-bond acceptors (Lipinski definition) is 5. The number of hydrogen-bond donors (Lipinski definition) is 1. The first kappa shape index (κ1) is 14.6. The molecule has 1 unspecified atom stereocenters. The Labute approximate surface area is 107 Å². The third kappa shape index (κ3) is 4.34. The molecule has 0 aromatic carbocycles. The van der Waals surface area contributed by atoms with Crippen molar-refractivity contribution in [2.24, 2.45) is 0 Å². The number of nitrogens with zero attached hydrogens (tertiary/aromatic N) is 2. The Bertz CT molecular complexity index is 454. The van der Waals surface area contributed by atoms with Gasteiger partial charge in [-0.25, -0.2) is 17.7 Å². The van der Waals surface area contributed by atoms with Crippen molar-refractivity contribution < 1.29 is 8.42 Å². The molecular weight excluding hydrogens is 258 g/mol. The number of aryl methyl sites for hydroxylation is 1. The quantitative estimate of drug-likeness (QED) is 0.842. The predicted molar refractivity (Wildman–Crippen MR) is 70.7 cm³/mol. The fourth-order valence-corrected chi connectivity index (χ4v) is 2.72. The van der Waals surface area contributed by atoms with Gasteiger partial charge in [0.05, 0.1) is 16.5 Å². The summed E-state index contributed by atoms with van der Waals surface area (Å²) >= 11 is 1.60. The molecule has 1 aromatic heterocycles. The summed E-state index contributed by atoms with van der Waals surface area (Å²) in [6, 6.07) is 0.0808. The van der Waals surface area contributed by atoms with E-state index >= 15 is 0 Å². The van der Waals surface area contributed by atoms with Crippen molar-refractivity contribution in [2.45, 2.75) is 19.9 Å². The highest BCUT2D eigenvalue weighted by Crippen LogP contribution is 2.15. The zero-order chi connectivity index (χ0) is 13.1. The Morgan fingerprint density at radius 2 is 2.18 bits per heavy atom. The van der Waals surface area contributed by atoms with Crippen LogP contribution in [0.2, 0.25) is 0 Å². The van der Waals surface area contributed by atoms with Crippen LogP contribution in [-0.2, 0) is 10.0 Å². The zero-order valence-corrected chi connectivity index (χ0v) is 12.2. The van der Waals surface area contributed by atoms with E-state index in [4.69, 9.17) is 0 Å². The lowest BCUT2D eigenvalue weighted by atomic mass is 10.2. The number of rotatable bonds is 6. The summed E-state index contributed by atoms with van der Waals surface area (Å²) in [7, 11) is -0.0294. The molecule has 0 aliphatic rings. The smallest absolute Gasteiger partial charge is 0.214 e. The second-order valence-electron chi connectivity index (χ2n) is 4.07. The highest BCUT2D eigenvalue weighted by Gasteiger charge is 2.14. The Morgan fingerprint density at radius 3 is 2.65 bits per heavy atom. The maximum Gasteiger partial charge on any atom is 0.214 e. The van der Waals surface area contributed by atoms with Crippen LogP contribution in [0.3, 0.4) is 0 Å². The molecule has 98 valence electrons. The van der Waals surface area contributed by atoms with Gasteiger partial charge in [-0.15, -0.1) is 11.3 Å². The van der Waals surface area contributed by atoms with Gasteiger partial charge in [0, 0.05) is 32.1 Å². The van der Waals surface area contributed by atoms with Gasteiger partial charge in [-0.1, -0.05) is 0 Å². The topological polar surface area (TPSA) is 62.3 Å². The van der Waals surface area contributed by atoms with Crippen molar-refractivity contribution in [1.29, 1.82) is 0 Å². The zero-order valence-electron chi connectivity index (χ0n) is 10.6. The molecule has 1 atom stereocenters. The van der Waals surface area contributed by atoms with Crippen LogP contribution in [0.4, 0.5) is 0 Å². The molecule has 17 heavy (non-hydrogen) atoms. The van der Waals surface area contributed by atoms with Crippen LogP contribution in [-0.4, -0.2) is 44.1 Å². The summed E-state index contributed by atoms with van der Waals surface area (Å²) in [6.07, 6.45) is 0. The minimum atomic E-state index is -3.12. The van der Waals surface area contributed by atoms with Crippen molar-refractivity contribution in [1.82, 2.24) is 14.6 Å². The van der Waals surface area contributed by atoms with Gasteiger partial charge >= 0.3 is 0 Å². The third-order valence-electron chi connectivity index (χ3n) is 2.45. The van der Waals surface area contributed by atoms with Gasteiger partial charge in [0.1, 0.15) is 0 Å². The Hall–Kier alpha value is -0.500. The summed E-state index contributed by atoms with van der Waals surface area (Å²) in [5.74, 6) is 0.105. The van der Waals surface area contributed by atoms with Crippen LogP contribution < -0.4 is 5.32 Å². The average molecular weight is 277 g/mol. The van der Waals surface area contributed by atoms with Gasteiger partial charge in [0.2, 0.25) is 10.0 Å². The lowest BCUT2D eigenvalue weighted by molar-refractivity contribution is 0.511. The van der Waals surface area contributed by atoms with E-state index in [0.29, 0.717) is 6.54 Å². The molecule has 0 saturated carbocycles. The first-order valence-corrected chi connectivity index (χ1v) is 7.87. The number of thiazole rings is 1. The van der Waals surface area contributed by atoms with Gasteiger partial charge in [-0.2, -0.15) is 0 Å². The molecule has 1 aromatic rings. The van der Waals surface area contributed by atoms with E-state index in [0.717, 1.165) is 10.7 Å². The fourth-order valence-electron chi connectivity index (χ4n) is 1.27. The molecule has 0 bridgehead atoms. The van der Waals surface area contributed by atoms with Crippen LogP contribution >= 0.6 is 11.3 Å². The summed E-state index contributed by atoms with van der Waals surface area (Å²) in [5.41, 5.74) is 0.967. The number of nitrogens with one attached hydrogen (secondary N) is 1. The monoisotopic (exact) mass is 277 g/mol. The molecule has 0 spiro atoms. The summed E-state index contributed by atoms with van der Waals surface area (Å²) in [6.45, 7) is 4.37. The first-order valence-electron chi connectivity index (χ1n) is 5.38. The van der Waals surface area contributed by atoms with Gasteiger partial charge in [0.25, 0.3) is 0 Å². The number of aromatic nitrogens is 1. The van der Waals surface area contributed by atoms with Crippen molar-refractivity contribution >= 4 is 21.4 Å². The summed E-state index contributed by atoms with van der Waals surface area (Å²) in [4.78, 5) is 4.36. The van der Waals surface area contributed by atoms with E-state index in [1.807, 2.05) is 19.2 Å². The minimum absolute atomic E-state index is 0.0808. The molecule has 0 aliphatic carbocycles. The van der Waals surface area contributed by atoms with Crippen molar-refractivity contribution in [3.63, 3.8) is 0 Å². The largest absolute Gasteiger partial charge is 0.308 e. The number of sulfonamides is 1. The minimum Gasteiger partial charge on any atom is -0.308 e. The summed E-state index contributed by atoms with van der Waals surface area (Å²) in [5, 5.41) is 6.18. The Balaban J connectivity index is 2.42. The molecule has 0 fully saturated rings. The van der Waals surface area contributed by atoms with Crippen LogP contribution in [0.5, 0.6) is 0 Å². The van der Waals surface area contributed by atoms with E-state index < -0.39 is 10.0 Å². The molecule has 0 radical (unpaired) electrons. The molecule has 7 heteroatoms. The molecule has 0 aliphatic heterocycles. The van der Waals surface area contributed by atoms with Crippen LogP contribution in [0, 0.1) is 6.92 Å². The van der Waals surface area contributed by atoms with E-state index in [2.05, 4.69) is 10.3 Å². The van der Waals surface area contributed by atoms with Crippen LogP contribution in [0.25, 0.3) is 0 Å². The lowest BCUT2D eigenvalue weighted by Crippen LogP contribution is -2.32. The van der Waals surface area contributed by atoms with Crippen LogP contribution in [0.15, 0.2) is 5.38 Å². The molecular formula is C10H19N3O2S2. The van der Waals surface area contributed by atoms with E-state index in [-0.39, 0.29) is 11.8 Å². The van der Waals surface area contributed by atoms with Crippen molar-refractivity contribution in [3.05, 3.63) is 16.1 Å². The van der Waals surface area contributed by atoms with E-state index in [1.165, 1.54) is 4.31 Å². The normalized spacial score (nSPS) is 14.2. The molecule has 1 rings (SSSR count). The Morgan fingerprint density at radius 1 is 1.53 bits per heavy atom. The van der Waals surface area contributed by atoms with Crippen molar-refractivity contribution in [2.75, 3.05) is 26.4 Å². The van der Waals surface area contributed by atoms with Crippen molar-refractivity contribution in [3.8, 4) is 0 Å². The van der Waals surface area contributed by atoms with Gasteiger partial charge in [-0.3, -0.25) is 0 Å². The fraction of sp³-hybridized carbons (Fsp3) is 0.700. The van der Waals surface area contributed by atoms with Gasteiger partial charge in [-0.05, 0) is 13.8 Å². The molecule has 1 heterocycles. The highest BCUT2D eigenvalue weighted by molar-refractivity contribution is 7.89. The lowest BCUT2D eigenvalue weighted by Gasteiger charge is -2.14. The average Bonchev–Trinajstić information content (AvgIpc) is 2.64. The van der Waals surface area contributed by atoms with E-state index in [1.54, 1.807) is 25.4 Å². The van der Waals surface area contributed by atoms with Gasteiger partial charge < -0.3 is 5.32 Å². The van der Waals surface area contributed by atoms with E-state index in [9.17, 15) is 8.42 Å². The first-order chi connectivity index (χ1) is 7.83. The molecule has 1 N–H and O–H groups in total. The second-order valence-corrected chi connectivity index (χ2v) is 7.43. The standard InChI is InChI=1S/C10H19N3O2S2/c1-8(10-7-16-9(2)12-10)11-5-6-17(14,15)13(3)4/h7-8,11H,5-6H2,1-4H3. The summed E-state index contributed by atoms with van der Waals surface area (Å²) < 4.78 is 24.3. The maximum absolute atomic E-state index is 11.5. The van der Waals surface area contributed by atoms with Crippen LogP contribution in [0.1, 0.15) is 23.7 Å². The Kier molecular flexibility index (Phi) is 5.05. The molecule has 0 amide bonds. The van der Waals surface area contributed by atoms with Gasteiger partial charge in [0.15, 0.2) is 0 Å². The molecule has 5 nitrogen and oxygen atoms in total. The third-order valence-corrected chi connectivity index (χ3v) is 5.07. The highest BCUT2D eigenvalue weighted by atomic mass is 32.2. The predicted octanol–water partition coefficient (Wildman–Crippen LogP) is 0.994. The second kappa shape index (κ2) is 5.90.